The molecular weight excluding hydrogens is 373 g/mol. The minimum atomic E-state index is -3.15. The van der Waals surface area contributed by atoms with Crippen LogP contribution >= 0.6 is 0 Å². The third-order valence-electron chi connectivity index (χ3n) is 3.74. The Morgan fingerprint density at radius 1 is 1.15 bits per heavy atom. The van der Waals surface area contributed by atoms with E-state index in [-0.39, 0.29) is 23.1 Å². The minimum absolute atomic E-state index is 0.00390. The molecule has 2 heterocycles. The molecule has 26 heavy (non-hydrogen) atoms. The lowest BCUT2D eigenvalue weighted by Gasteiger charge is -2.11. The molecule has 2 N–H and O–H groups in total. The summed E-state index contributed by atoms with van der Waals surface area (Å²) in [5.74, 6) is -5.40. The van der Waals surface area contributed by atoms with Gasteiger partial charge in [-0.15, -0.1) is 0 Å². The SMILES string of the molecule is O=C(NC1CCS(=O)(=O)C1)c1ccnc(Nc2ccc(F)c(F)c2F)n1. The van der Waals surface area contributed by atoms with Crippen LogP contribution in [0.4, 0.5) is 24.8 Å². The molecule has 1 fully saturated rings. The number of sulfone groups is 1. The van der Waals surface area contributed by atoms with E-state index in [9.17, 15) is 26.4 Å². The van der Waals surface area contributed by atoms with Crippen LogP contribution in [0, 0.1) is 17.5 Å². The van der Waals surface area contributed by atoms with E-state index < -0.39 is 44.9 Å². The zero-order chi connectivity index (χ0) is 18.9. The van der Waals surface area contributed by atoms with E-state index in [4.69, 9.17) is 0 Å². The highest BCUT2D eigenvalue weighted by molar-refractivity contribution is 7.91. The fourth-order valence-electron chi connectivity index (χ4n) is 2.46. The molecule has 1 atom stereocenters. The molecule has 1 saturated heterocycles. The topological polar surface area (TPSA) is 101 Å². The number of halogens is 3. The lowest BCUT2D eigenvalue weighted by atomic mass is 10.2. The van der Waals surface area contributed by atoms with Gasteiger partial charge >= 0.3 is 0 Å². The van der Waals surface area contributed by atoms with Crippen molar-refractivity contribution in [2.24, 2.45) is 0 Å². The highest BCUT2D eigenvalue weighted by Gasteiger charge is 2.29. The summed E-state index contributed by atoms with van der Waals surface area (Å²) in [4.78, 5) is 19.8. The van der Waals surface area contributed by atoms with Crippen molar-refractivity contribution >= 4 is 27.4 Å². The highest BCUT2D eigenvalue weighted by atomic mass is 32.2. The van der Waals surface area contributed by atoms with Crippen LogP contribution in [-0.4, -0.2) is 41.8 Å². The van der Waals surface area contributed by atoms with Crippen molar-refractivity contribution in [3.8, 4) is 0 Å². The van der Waals surface area contributed by atoms with Crippen molar-refractivity contribution in [1.29, 1.82) is 0 Å². The molecule has 0 spiro atoms. The minimum Gasteiger partial charge on any atom is -0.347 e. The monoisotopic (exact) mass is 386 g/mol. The largest absolute Gasteiger partial charge is 0.347 e. The second-order valence-corrected chi connectivity index (χ2v) is 7.92. The van der Waals surface area contributed by atoms with Gasteiger partial charge in [-0.2, -0.15) is 0 Å². The number of carbonyl (C=O) groups is 1. The normalized spacial score (nSPS) is 18.5. The van der Waals surface area contributed by atoms with Crippen LogP contribution in [-0.2, 0) is 9.84 Å². The fourth-order valence-corrected chi connectivity index (χ4v) is 4.13. The fraction of sp³-hybridized carbons (Fsp3) is 0.267. The van der Waals surface area contributed by atoms with Gasteiger partial charge in [0.1, 0.15) is 5.69 Å². The Kier molecular flexibility index (Phi) is 4.81. The van der Waals surface area contributed by atoms with E-state index in [0.717, 1.165) is 12.1 Å². The molecule has 3 rings (SSSR count). The third-order valence-corrected chi connectivity index (χ3v) is 5.51. The summed E-state index contributed by atoms with van der Waals surface area (Å²) in [6.07, 6.45) is 1.53. The van der Waals surface area contributed by atoms with Crippen LogP contribution in [0.15, 0.2) is 24.4 Å². The summed E-state index contributed by atoms with van der Waals surface area (Å²) in [5.41, 5.74) is -0.488. The average molecular weight is 386 g/mol. The number of hydrogen-bond acceptors (Lipinski definition) is 6. The lowest BCUT2D eigenvalue weighted by molar-refractivity contribution is 0.0936. The summed E-state index contributed by atoms with van der Waals surface area (Å²) in [5, 5.41) is 4.91. The van der Waals surface area contributed by atoms with Crippen LogP contribution in [0.5, 0.6) is 0 Å². The molecule has 1 aliphatic rings. The molecule has 7 nitrogen and oxygen atoms in total. The van der Waals surface area contributed by atoms with Crippen LogP contribution in [0.1, 0.15) is 16.9 Å². The van der Waals surface area contributed by atoms with Gasteiger partial charge in [-0.3, -0.25) is 4.79 Å². The van der Waals surface area contributed by atoms with Gasteiger partial charge in [-0.25, -0.2) is 31.6 Å². The number of nitrogens with zero attached hydrogens (tertiary/aromatic N) is 2. The van der Waals surface area contributed by atoms with Crippen molar-refractivity contribution in [3.63, 3.8) is 0 Å². The Morgan fingerprint density at radius 2 is 1.92 bits per heavy atom. The van der Waals surface area contributed by atoms with E-state index in [1.807, 2.05) is 0 Å². The number of rotatable bonds is 4. The molecule has 138 valence electrons. The number of nitrogens with one attached hydrogen (secondary N) is 2. The summed E-state index contributed by atoms with van der Waals surface area (Å²) in [6, 6.07) is 2.47. The molecule has 1 aliphatic heterocycles. The first-order valence-corrected chi connectivity index (χ1v) is 9.32. The molecule has 0 radical (unpaired) electrons. The molecule has 1 aromatic heterocycles. The Hall–Kier alpha value is -2.69. The third kappa shape index (κ3) is 3.93. The van der Waals surface area contributed by atoms with Crippen LogP contribution in [0.2, 0.25) is 0 Å². The van der Waals surface area contributed by atoms with Gasteiger partial charge in [0, 0.05) is 12.2 Å². The molecule has 1 amide bonds. The summed E-state index contributed by atoms with van der Waals surface area (Å²) in [7, 11) is -3.15. The maximum Gasteiger partial charge on any atom is 0.270 e. The smallest absolute Gasteiger partial charge is 0.270 e. The van der Waals surface area contributed by atoms with Gasteiger partial charge in [0.05, 0.1) is 17.2 Å². The van der Waals surface area contributed by atoms with Crippen LogP contribution in [0.3, 0.4) is 0 Å². The molecule has 1 unspecified atom stereocenters. The zero-order valence-corrected chi connectivity index (χ0v) is 14.0. The Labute approximate surface area is 146 Å². The van der Waals surface area contributed by atoms with E-state index in [1.165, 1.54) is 12.3 Å². The van der Waals surface area contributed by atoms with Crippen LogP contribution < -0.4 is 10.6 Å². The Bertz CT molecular complexity index is 969. The zero-order valence-electron chi connectivity index (χ0n) is 13.2. The maximum atomic E-state index is 13.7. The molecule has 11 heteroatoms. The standard InChI is InChI=1S/C15H13F3N4O3S/c16-9-1-2-10(13(18)12(9)17)21-15-19-5-3-11(22-15)14(23)20-8-4-6-26(24,25)7-8/h1-3,5,8H,4,6-7H2,(H,20,23)(H,19,21,22). The predicted octanol–water partition coefficient (Wildman–Crippen LogP) is 1.55. The quantitative estimate of drug-likeness (QED) is 0.774. The highest BCUT2D eigenvalue weighted by Crippen LogP contribution is 2.22. The molecular formula is C15H13F3N4O3S. The second kappa shape index (κ2) is 6.90. The van der Waals surface area contributed by atoms with Gasteiger partial charge in [0.2, 0.25) is 5.95 Å². The Morgan fingerprint density at radius 3 is 2.62 bits per heavy atom. The van der Waals surface area contributed by atoms with Gasteiger partial charge in [-0.1, -0.05) is 0 Å². The molecule has 2 aromatic rings. The van der Waals surface area contributed by atoms with E-state index in [0.29, 0.717) is 6.42 Å². The maximum absolute atomic E-state index is 13.7. The number of hydrogen-bond donors (Lipinski definition) is 2. The number of aromatic nitrogens is 2. The molecule has 1 aromatic carbocycles. The van der Waals surface area contributed by atoms with Gasteiger partial charge in [0.25, 0.3) is 5.91 Å². The molecule has 0 saturated carbocycles. The first kappa shape index (κ1) is 18.1. The van der Waals surface area contributed by atoms with Crippen molar-refractivity contribution in [1.82, 2.24) is 15.3 Å². The van der Waals surface area contributed by atoms with Gasteiger partial charge in [0.15, 0.2) is 27.3 Å². The summed E-state index contributed by atoms with van der Waals surface area (Å²) >= 11 is 0. The number of benzene rings is 1. The van der Waals surface area contributed by atoms with Crippen molar-refractivity contribution in [2.75, 3.05) is 16.8 Å². The van der Waals surface area contributed by atoms with Gasteiger partial charge in [-0.05, 0) is 24.6 Å². The number of carbonyl (C=O) groups excluding carboxylic acids is 1. The van der Waals surface area contributed by atoms with E-state index >= 15 is 0 Å². The number of anilines is 2. The van der Waals surface area contributed by atoms with E-state index in [1.54, 1.807) is 0 Å². The molecule has 0 bridgehead atoms. The van der Waals surface area contributed by atoms with Crippen molar-refractivity contribution < 1.29 is 26.4 Å². The van der Waals surface area contributed by atoms with Crippen LogP contribution in [0.25, 0.3) is 0 Å². The molecule has 0 aliphatic carbocycles. The Balaban J connectivity index is 1.74. The second-order valence-electron chi connectivity index (χ2n) is 5.69. The summed E-state index contributed by atoms with van der Waals surface area (Å²) in [6.45, 7) is 0. The first-order valence-electron chi connectivity index (χ1n) is 7.50. The summed E-state index contributed by atoms with van der Waals surface area (Å²) < 4.78 is 62.7. The first-order chi connectivity index (χ1) is 12.2. The lowest BCUT2D eigenvalue weighted by Crippen LogP contribution is -2.36. The average Bonchev–Trinajstić information content (AvgIpc) is 2.94. The van der Waals surface area contributed by atoms with Crippen molar-refractivity contribution in [2.45, 2.75) is 12.5 Å². The van der Waals surface area contributed by atoms with E-state index in [2.05, 4.69) is 20.6 Å². The number of amides is 1. The van der Waals surface area contributed by atoms with Gasteiger partial charge < -0.3 is 10.6 Å². The van der Waals surface area contributed by atoms with Crippen molar-refractivity contribution in [3.05, 3.63) is 47.5 Å². The predicted molar refractivity (Wildman–Crippen MR) is 86.2 cm³/mol.